The lowest BCUT2D eigenvalue weighted by molar-refractivity contribution is 0.0466. The van der Waals surface area contributed by atoms with E-state index in [0.29, 0.717) is 0 Å². The standard InChI is InChI=1S/C10H20N2/c1-9-5-8-12(9)10-3-2-6-11-7-4-10/h9-11H,2-8H2,1H3. The summed E-state index contributed by atoms with van der Waals surface area (Å²) in [6.07, 6.45) is 5.57. The van der Waals surface area contributed by atoms with Crippen molar-refractivity contribution >= 4 is 0 Å². The topological polar surface area (TPSA) is 15.3 Å². The van der Waals surface area contributed by atoms with Gasteiger partial charge in [0.05, 0.1) is 0 Å². The van der Waals surface area contributed by atoms with E-state index in [0.717, 1.165) is 12.1 Å². The highest BCUT2D eigenvalue weighted by Gasteiger charge is 2.30. The summed E-state index contributed by atoms with van der Waals surface area (Å²) < 4.78 is 0. The van der Waals surface area contributed by atoms with E-state index in [2.05, 4.69) is 17.1 Å². The number of hydrogen-bond donors (Lipinski definition) is 1. The van der Waals surface area contributed by atoms with Crippen molar-refractivity contribution in [2.45, 2.75) is 44.7 Å². The van der Waals surface area contributed by atoms with Gasteiger partial charge in [0.15, 0.2) is 0 Å². The van der Waals surface area contributed by atoms with Crippen LogP contribution < -0.4 is 5.32 Å². The Balaban J connectivity index is 1.84. The van der Waals surface area contributed by atoms with Crippen molar-refractivity contribution in [3.05, 3.63) is 0 Å². The molecule has 1 N–H and O–H groups in total. The Hall–Kier alpha value is -0.0800. The fraction of sp³-hybridized carbons (Fsp3) is 1.00. The van der Waals surface area contributed by atoms with Crippen molar-refractivity contribution in [2.24, 2.45) is 0 Å². The van der Waals surface area contributed by atoms with Gasteiger partial charge in [0.1, 0.15) is 0 Å². The van der Waals surface area contributed by atoms with Crippen molar-refractivity contribution in [2.75, 3.05) is 19.6 Å². The van der Waals surface area contributed by atoms with Gasteiger partial charge in [0, 0.05) is 18.6 Å². The molecule has 0 aliphatic carbocycles. The van der Waals surface area contributed by atoms with Crippen LogP contribution in [0.5, 0.6) is 0 Å². The summed E-state index contributed by atoms with van der Waals surface area (Å²) in [4.78, 5) is 2.69. The molecular weight excluding hydrogens is 148 g/mol. The maximum atomic E-state index is 3.47. The van der Waals surface area contributed by atoms with E-state index in [-0.39, 0.29) is 0 Å². The van der Waals surface area contributed by atoms with Crippen LogP contribution in [-0.4, -0.2) is 36.6 Å². The fourth-order valence-corrected chi connectivity index (χ4v) is 2.41. The van der Waals surface area contributed by atoms with Crippen LogP contribution in [-0.2, 0) is 0 Å². The molecule has 0 aromatic carbocycles. The molecule has 2 unspecified atom stereocenters. The monoisotopic (exact) mass is 168 g/mol. The molecule has 0 bridgehead atoms. The van der Waals surface area contributed by atoms with Crippen LogP contribution in [0.4, 0.5) is 0 Å². The van der Waals surface area contributed by atoms with Crippen LogP contribution >= 0.6 is 0 Å². The third-order valence-electron chi connectivity index (χ3n) is 3.39. The molecule has 2 heteroatoms. The molecule has 2 fully saturated rings. The first-order valence-electron chi connectivity index (χ1n) is 5.34. The highest BCUT2D eigenvalue weighted by Crippen LogP contribution is 2.24. The second kappa shape index (κ2) is 3.75. The van der Waals surface area contributed by atoms with Crippen molar-refractivity contribution in [1.82, 2.24) is 10.2 Å². The van der Waals surface area contributed by atoms with Gasteiger partial charge < -0.3 is 5.32 Å². The average Bonchev–Trinajstić information content (AvgIpc) is 2.30. The van der Waals surface area contributed by atoms with E-state index < -0.39 is 0 Å². The quantitative estimate of drug-likeness (QED) is 0.633. The van der Waals surface area contributed by atoms with Gasteiger partial charge in [-0.3, -0.25) is 4.90 Å². The Bertz CT molecular complexity index is 139. The van der Waals surface area contributed by atoms with Gasteiger partial charge in [-0.05, 0) is 45.7 Å². The summed E-state index contributed by atoms with van der Waals surface area (Å²) in [7, 11) is 0. The zero-order valence-electron chi connectivity index (χ0n) is 8.05. The van der Waals surface area contributed by atoms with Crippen LogP contribution in [0.15, 0.2) is 0 Å². The molecule has 0 saturated carbocycles. The lowest BCUT2D eigenvalue weighted by Gasteiger charge is -2.44. The Labute approximate surface area is 75.3 Å². The minimum absolute atomic E-state index is 0.869. The van der Waals surface area contributed by atoms with Crippen LogP contribution in [0, 0.1) is 0 Å². The smallest absolute Gasteiger partial charge is 0.0111 e. The summed E-state index contributed by atoms with van der Waals surface area (Å²) in [6, 6.07) is 1.76. The molecule has 2 saturated heterocycles. The zero-order valence-corrected chi connectivity index (χ0v) is 8.05. The van der Waals surface area contributed by atoms with Gasteiger partial charge in [0.25, 0.3) is 0 Å². The minimum Gasteiger partial charge on any atom is -0.317 e. The maximum Gasteiger partial charge on any atom is 0.0111 e. The highest BCUT2D eigenvalue weighted by molar-refractivity contribution is 4.86. The first-order valence-corrected chi connectivity index (χ1v) is 5.34. The zero-order chi connectivity index (χ0) is 8.39. The second-order valence-corrected chi connectivity index (χ2v) is 4.21. The van der Waals surface area contributed by atoms with Gasteiger partial charge >= 0.3 is 0 Å². The number of hydrogen-bond acceptors (Lipinski definition) is 2. The van der Waals surface area contributed by atoms with Gasteiger partial charge in [-0.1, -0.05) is 0 Å². The van der Waals surface area contributed by atoms with Crippen molar-refractivity contribution < 1.29 is 0 Å². The van der Waals surface area contributed by atoms with Crippen LogP contribution in [0.25, 0.3) is 0 Å². The Kier molecular flexibility index (Phi) is 2.66. The number of nitrogens with one attached hydrogen (secondary N) is 1. The van der Waals surface area contributed by atoms with E-state index in [1.165, 1.54) is 45.3 Å². The Morgan fingerprint density at radius 2 is 2.08 bits per heavy atom. The first-order chi connectivity index (χ1) is 5.88. The van der Waals surface area contributed by atoms with E-state index in [4.69, 9.17) is 0 Å². The van der Waals surface area contributed by atoms with Gasteiger partial charge in [-0.25, -0.2) is 0 Å². The first kappa shape index (κ1) is 8.52. The van der Waals surface area contributed by atoms with Crippen LogP contribution in [0.1, 0.15) is 32.6 Å². The van der Waals surface area contributed by atoms with E-state index in [1.54, 1.807) is 0 Å². The molecule has 2 aliphatic heterocycles. The van der Waals surface area contributed by atoms with Crippen LogP contribution in [0.2, 0.25) is 0 Å². The predicted octanol–water partition coefficient (Wildman–Crippen LogP) is 1.22. The van der Waals surface area contributed by atoms with Crippen molar-refractivity contribution in [3.63, 3.8) is 0 Å². The number of nitrogens with zero attached hydrogens (tertiary/aromatic N) is 1. The molecule has 0 aromatic heterocycles. The van der Waals surface area contributed by atoms with Gasteiger partial charge in [-0.2, -0.15) is 0 Å². The molecule has 0 spiro atoms. The molecule has 2 aliphatic rings. The van der Waals surface area contributed by atoms with Crippen molar-refractivity contribution in [1.29, 1.82) is 0 Å². The SMILES string of the molecule is CC1CCN1C1CCCNCC1. The maximum absolute atomic E-state index is 3.47. The lowest BCUT2D eigenvalue weighted by atomic mass is 9.97. The van der Waals surface area contributed by atoms with Crippen molar-refractivity contribution in [3.8, 4) is 0 Å². The second-order valence-electron chi connectivity index (χ2n) is 4.21. The third-order valence-corrected chi connectivity index (χ3v) is 3.39. The molecule has 2 atom stereocenters. The van der Waals surface area contributed by atoms with Gasteiger partial charge in [0.2, 0.25) is 0 Å². The third kappa shape index (κ3) is 1.64. The summed E-state index contributed by atoms with van der Waals surface area (Å²) in [6.45, 7) is 6.18. The summed E-state index contributed by atoms with van der Waals surface area (Å²) in [5, 5.41) is 3.47. The molecular formula is C10H20N2. The summed E-state index contributed by atoms with van der Waals surface area (Å²) in [5.74, 6) is 0. The molecule has 0 aromatic rings. The molecule has 12 heavy (non-hydrogen) atoms. The Morgan fingerprint density at radius 3 is 2.75 bits per heavy atom. The highest BCUT2D eigenvalue weighted by atomic mass is 15.2. The molecule has 2 heterocycles. The Morgan fingerprint density at radius 1 is 1.17 bits per heavy atom. The predicted molar refractivity (Wildman–Crippen MR) is 51.3 cm³/mol. The van der Waals surface area contributed by atoms with Crippen LogP contribution in [0.3, 0.4) is 0 Å². The summed E-state index contributed by atoms with van der Waals surface area (Å²) in [5.41, 5.74) is 0. The molecule has 0 radical (unpaired) electrons. The molecule has 70 valence electrons. The number of rotatable bonds is 1. The molecule has 0 amide bonds. The largest absolute Gasteiger partial charge is 0.317 e. The van der Waals surface area contributed by atoms with E-state index >= 15 is 0 Å². The lowest BCUT2D eigenvalue weighted by Crippen LogP contribution is -2.51. The fourth-order valence-electron chi connectivity index (χ4n) is 2.41. The average molecular weight is 168 g/mol. The molecule has 2 nitrogen and oxygen atoms in total. The summed E-state index contributed by atoms with van der Waals surface area (Å²) >= 11 is 0. The normalized spacial score (nSPS) is 38.8. The molecule has 2 rings (SSSR count). The van der Waals surface area contributed by atoms with E-state index in [9.17, 15) is 0 Å². The van der Waals surface area contributed by atoms with E-state index in [1.807, 2.05) is 0 Å². The van der Waals surface area contributed by atoms with Gasteiger partial charge in [-0.15, -0.1) is 0 Å². The minimum atomic E-state index is 0.869. The number of likely N-dealkylation sites (tertiary alicyclic amines) is 1.